The number of aryl methyl sites for hydroxylation is 2. The monoisotopic (exact) mass is 375 g/mol. The van der Waals surface area contributed by atoms with E-state index in [0.717, 1.165) is 59.7 Å². The minimum atomic E-state index is 0.703. The number of anilines is 2. The molecule has 0 radical (unpaired) electrons. The van der Waals surface area contributed by atoms with Crippen molar-refractivity contribution >= 4 is 22.4 Å². The number of nitrogens with zero attached hydrogens (tertiary/aromatic N) is 3. The van der Waals surface area contributed by atoms with Gasteiger partial charge in [-0.25, -0.2) is 9.97 Å². The van der Waals surface area contributed by atoms with Crippen LogP contribution in [0.2, 0.25) is 0 Å². The van der Waals surface area contributed by atoms with E-state index in [-0.39, 0.29) is 0 Å². The molecule has 4 nitrogen and oxygen atoms in total. The van der Waals surface area contributed by atoms with Crippen molar-refractivity contribution in [2.45, 2.75) is 39.5 Å². The minimum absolute atomic E-state index is 0.703. The van der Waals surface area contributed by atoms with Gasteiger partial charge in [0.15, 0.2) is 0 Å². The summed E-state index contributed by atoms with van der Waals surface area (Å²) in [4.78, 5) is 11.4. The van der Waals surface area contributed by atoms with Crippen LogP contribution >= 0.6 is 0 Å². The molecule has 0 amide bonds. The van der Waals surface area contributed by atoms with Crippen molar-refractivity contribution in [3.8, 4) is 0 Å². The van der Waals surface area contributed by atoms with Gasteiger partial charge in [-0.3, -0.25) is 0 Å². The fourth-order valence-corrected chi connectivity index (χ4v) is 3.36. The van der Waals surface area contributed by atoms with Gasteiger partial charge in [-0.05, 0) is 62.9 Å². The number of hydrogen-bond donors (Lipinski definition) is 0. The van der Waals surface area contributed by atoms with E-state index >= 15 is 0 Å². The van der Waals surface area contributed by atoms with Crippen molar-refractivity contribution in [1.82, 2.24) is 9.97 Å². The van der Waals surface area contributed by atoms with Gasteiger partial charge in [0.25, 0.3) is 0 Å². The largest absolute Gasteiger partial charge is 0.499 e. The number of allylic oxidation sites excluding steroid dienone is 1. The van der Waals surface area contributed by atoms with Crippen LogP contribution in [0.25, 0.3) is 10.9 Å². The summed E-state index contributed by atoms with van der Waals surface area (Å²) in [5.41, 5.74) is 3.45. The van der Waals surface area contributed by atoms with Crippen molar-refractivity contribution < 1.29 is 4.74 Å². The second-order valence-electron chi connectivity index (χ2n) is 7.02. The lowest BCUT2D eigenvalue weighted by atomic mass is 10.1. The molecule has 0 aliphatic heterocycles. The van der Waals surface area contributed by atoms with Gasteiger partial charge >= 0.3 is 0 Å². The zero-order valence-electron chi connectivity index (χ0n) is 17.1. The van der Waals surface area contributed by atoms with E-state index in [9.17, 15) is 0 Å². The molecule has 0 N–H and O–H groups in total. The fourth-order valence-electron chi connectivity index (χ4n) is 3.36. The second kappa shape index (κ2) is 9.36. The zero-order chi connectivity index (χ0) is 19.9. The first-order valence-corrected chi connectivity index (χ1v) is 9.95. The molecule has 2 aromatic carbocycles. The molecule has 1 heterocycles. The molecule has 1 aromatic heterocycles. The summed E-state index contributed by atoms with van der Waals surface area (Å²) in [7, 11) is 2.06. The Labute approximate surface area is 167 Å². The van der Waals surface area contributed by atoms with Gasteiger partial charge < -0.3 is 9.64 Å². The standard InChI is InChI=1S/C24H29N3O/c1-5-28-18(2)10-6-7-11-20-14-16-21(17-15-20)27(4)24-22-12-8-9-13-23(22)25-19(3)26-24/h8-9,12-17H,2,5-7,10-11H2,1,3-4H3. The molecular weight excluding hydrogens is 346 g/mol. The van der Waals surface area contributed by atoms with E-state index in [0.29, 0.717) is 6.61 Å². The van der Waals surface area contributed by atoms with Crippen LogP contribution in [0.5, 0.6) is 0 Å². The predicted octanol–water partition coefficient (Wildman–Crippen LogP) is 5.97. The molecule has 28 heavy (non-hydrogen) atoms. The molecule has 0 fully saturated rings. The molecule has 0 atom stereocenters. The molecule has 0 aliphatic rings. The van der Waals surface area contributed by atoms with Crippen molar-refractivity contribution in [2.75, 3.05) is 18.6 Å². The van der Waals surface area contributed by atoms with E-state index in [1.165, 1.54) is 5.56 Å². The number of aromatic nitrogens is 2. The summed E-state index contributed by atoms with van der Waals surface area (Å²) in [6.07, 6.45) is 4.25. The maximum Gasteiger partial charge on any atom is 0.144 e. The van der Waals surface area contributed by atoms with Gasteiger partial charge in [-0.1, -0.05) is 30.8 Å². The van der Waals surface area contributed by atoms with Crippen molar-refractivity contribution in [2.24, 2.45) is 0 Å². The molecule has 0 saturated carbocycles. The van der Waals surface area contributed by atoms with E-state index in [1.807, 2.05) is 32.0 Å². The zero-order valence-corrected chi connectivity index (χ0v) is 17.1. The highest BCUT2D eigenvalue weighted by atomic mass is 16.5. The Morgan fingerprint density at radius 2 is 1.79 bits per heavy atom. The first kappa shape index (κ1) is 19.9. The Balaban J connectivity index is 1.66. The van der Waals surface area contributed by atoms with Crippen molar-refractivity contribution in [3.63, 3.8) is 0 Å². The third kappa shape index (κ3) is 4.89. The summed E-state index contributed by atoms with van der Waals surface area (Å²) in [5.74, 6) is 2.61. The highest BCUT2D eigenvalue weighted by Crippen LogP contribution is 2.29. The number of benzene rings is 2. The lowest BCUT2D eigenvalue weighted by Crippen LogP contribution is -2.13. The highest BCUT2D eigenvalue weighted by molar-refractivity contribution is 5.91. The quantitative estimate of drug-likeness (QED) is 0.341. The molecule has 3 aromatic rings. The smallest absolute Gasteiger partial charge is 0.144 e. The predicted molar refractivity (Wildman–Crippen MR) is 117 cm³/mol. The molecular formula is C24H29N3O. The van der Waals surface area contributed by atoms with E-state index in [4.69, 9.17) is 4.74 Å². The van der Waals surface area contributed by atoms with Gasteiger partial charge in [-0.2, -0.15) is 0 Å². The number of ether oxygens (including phenoxy) is 1. The molecule has 3 rings (SSSR count). The lowest BCUT2D eigenvalue weighted by Gasteiger charge is -2.20. The number of unbranched alkanes of at least 4 members (excludes halogenated alkanes) is 1. The summed E-state index contributed by atoms with van der Waals surface area (Å²) >= 11 is 0. The van der Waals surface area contributed by atoms with Crippen LogP contribution in [0.15, 0.2) is 60.9 Å². The summed E-state index contributed by atoms with van der Waals surface area (Å²) in [5, 5.41) is 1.06. The van der Waals surface area contributed by atoms with Crippen LogP contribution in [0, 0.1) is 6.92 Å². The SMILES string of the molecule is C=C(CCCCc1ccc(N(C)c2nc(C)nc3ccccc23)cc1)OCC. The van der Waals surface area contributed by atoms with Crippen molar-refractivity contribution in [3.05, 3.63) is 72.3 Å². The molecule has 0 saturated heterocycles. The Bertz CT molecular complexity index is 934. The molecule has 0 spiro atoms. The first-order valence-electron chi connectivity index (χ1n) is 9.95. The molecule has 0 unspecified atom stereocenters. The molecule has 4 heteroatoms. The topological polar surface area (TPSA) is 38.2 Å². The normalized spacial score (nSPS) is 10.8. The summed E-state index contributed by atoms with van der Waals surface area (Å²) in [6, 6.07) is 16.9. The van der Waals surface area contributed by atoms with Crippen LogP contribution in [0.3, 0.4) is 0 Å². The average Bonchev–Trinajstić information content (AvgIpc) is 2.70. The average molecular weight is 376 g/mol. The highest BCUT2D eigenvalue weighted by Gasteiger charge is 2.11. The number of para-hydroxylation sites is 1. The fraction of sp³-hybridized carbons (Fsp3) is 0.333. The van der Waals surface area contributed by atoms with Crippen LogP contribution in [0.1, 0.15) is 37.6 Å². The summed E-state index contributed by atoms with van der Waals surface area (Å²) < 4.78 is 5.41. The van der Waals surface area contributed by atoms with E-state index < -0.39 is 0 Å². The minimum Gasteiger partial charge on any atom is -0.499 e. The lowest BCUT2D eigenvalue weighted by molar-refractivity contribution is 0.218. The van der Waals surface area contributed by atoms with Gasteiger partial charge in [0.1, 0.15) is 11.6 Å². The third-order valence-corrected chi connectivity index (χ3v) is 4.86. The maximum absolute atomic E-state index is 5.41. The van der Waals surface area contributed by atoms with E-state index in [2.05, 4.69) is 58.8 Å². The van der Waals surface area contributed by atoms with Crippen LogP contribution in [-0.4, -0.2) is 23.6 Å². The van der Waals surface area contributed by atoms with Gasteiger partial charge in [0.05, 0.1) is 17.9 Å². The maximum atomic E-state index is 5.41. The van der Waals surface area contributed by atoms with Gasteiger partial charge in [0, 0.05) is 24.5 Å². The first-order chi connectivity index (χ1) is 13.6. The van der Waals surface area contributed by atoms with E-state index in [1.54, 1.807) is 0 Å². The Morgan fingerprint density at radius 3 is 2.54 bits per heavy atom. The number of hydrogen-bond acceptors (Lipinski definition) is 4. The Kier molecular flexibility index (Phi) is 6.64. The van der Waals surface area contributed by atoms with Crippen LogP contribution in [-0.2, 0) is 11.2 Å². The number of fused-ring (bicyclic) bond motifs is 1. The summed E-state index contributed by atoms with van der Waals surface area (Å²) in [6.45, 7) is 8.57. The second-order valence-corrected chi connectivity index (χ2v) is 7.02. The van der Waals surface area contributed by atoms with Crippen molar-refractivity contribution in [1.29, 1.82) is 0 Å². The molecule has 0 aliphatic carbocycles. The Hall–Kier alpha value is -2.88. The molecule has 0 bridgehead atoms. The number of rotatable bonds is 9. The van der Waals surface area contributed by atoms with Gasteiger partial charge in [-0.15, -0.1) is 0 Å². The van der Waals surface area contributed by atoms with Gasteiger partial charge in [0.2, 0.25) is 0 Å². The molecule has 146 valence electrons. The Morgan fingerprint density at radius 1 is 1.04 bits per heavy atom. The van der Waals surface area contributed by atoms with Crippen LogP contribution < -0.4 is 4.90 Å². The third-order valence-electron chi connectivity index (χ3n) is 4.86. The van der Waals surface area contributed by atoms with Crippen LogP contribution in [0.4, 0.5) is 11.5 Å².